The number of thiophene rings is 1. The van der Waals surface area contributed by atoms with Crippen LogP contribution in [0.1, 0.15) is 16.3 Å². The van der Waals surface area contributed by atoms with E-state index in [-0.39, 0.29) is 0 Å². The zero-order valence-corrected chi connectivity index (χ0v) is 10.1. The molecule has 3 nitrogen and oxygen atoms in total. The van der Waals surface area contributed by atoms with Crippen molar-refractivity contribution in [3.05, 3.63) is 52.0 Å². The van der Waals surface area contributed by atoms with Gasteiger partial charge < -0.3 is 10.7 Å². The summed E-state index contributed by atoms with van der Waals surface area (Å²) < 4.78 is 0. The van der Waals surface area contributed by atoms with Gasteiger partial charge in [0, 0.05) is 17.8 Å². The molecule has 86 valence electrons. The zero-order chi connectivity index (χ0) is 11.7. The van der Waals surface area contributed by atoms with Crippen molar-refractivity contribution in [2.45, 2.75) is 13.0 Å². The molecule has 1 aromatic carbocycles. The number of imidazole rings is 1. The van der Waals surface area contributed by atoms with Gasteiger partial charge in [-0.1, -0.05) is 12.1 Å². The van der Waals surface area contributed by atoms with E-state index in [0.717, 1.165) is 28.8 Å². The molecule has 3 aromatic rings. The van der Waals surface area contributed by atoms with E-state index in [4.69, 9.17) is 5.73 Å². The standard InChI is InChI=1S/C13H13N3S/c14-8-9-3-4-11-12(6-9)16-13(15-11)7-10-2-1-5-17-10/h1-6H,7-8,14H2,(H,15,16). The largest absolute Gasteiger partial charge is 0.342 e. The van der Waals surface area contributed by atoms with E-state index >= 15 is 0 Å². The highest BCUT2D eigenvalue weighted by atomic mass is 32.1. The van der Waals surface area contributed by atoms with E-state index in [1.54, 1.807) is 11.3 Å². The number of aromatic amines is 1. The summed E-state index contributed by atoms with van der Waals surface area (Å²) in [6, 6.07) is 10.3. The summed E-state index contributed by atoms with van der Waals surface area (Å²) in [5, 5.41) is 2.09. The van der Waals surface area contributed by atoms with Crippen LogP contribution in [0.25, 0.3) is 11.0 Å². The Balaban J connectivity index is 1.96. The monoisotopic (exact) mass is 243 g/mol. The Labute approximate surface area is 103 Å². The van der Waals surface area contributed by atoms with Crippen LogP contribution in [-0.4, -0.2) is 9.97 Å². The first-order valence-electron chi connectivity index (χ1n) is 5.55. The van der Waals surface area contributed by atoms with E-state index in [2.05, 4.69) is 33.5 Å². The molecule has 0 aliphatic carbocycles. The van der Waals surface area contributed by atoms with Gasteiger partial charge in [-0.05, 0) is 29.1 Å². The van der Waals surface area contributed by atoms with Crippen molar-refractivity contribution in [3.63, 3.8) is 0 Å². The van der Waals surface area contributed by atoms with E-state index in [1.165, 1.54) is 4.88 Å². The molecule has 0 aliphatic heterocycles. The van der Waals surface area contributed by atoms with E-state index in [0.29, 0.717) is 6.54 Å². The quantitative estimate of drug-likeness (QED) is 0.743. The molecule has 0 radical (unpaired) electrons. The second kappa shape index (κ2) is 4.31. The molecule has 0 saturated heterocycles. The van der Waals surface area contributed by atoms with Crippen LogP contribution >= 0.6 is 11.3 Å². The molecule has 0 bridgehead atoms. The van der Waals surface area contributed by atoms with Crippen molar-refractivity contribution in [2.24, 2.45) is 5.73 Å². The van der Waals surface area contributed by atoms with Crippen LogP contribution in [0.5, 0.6) is 0 Å². The third kappa shape index (κ3) is 2.09. The number of fused-ring (bicyclic) bond motifs is 1. The van der Waals surface area contributed by atoms with Crippen LogP contribution in [0, 0.1) is 0 Å². The molecular weight excluding hydrogens is 230 g/mol. The molecule has 3 rings (SSSR count). The summed E-state index contributed by atoms with van der Waals surface area (Å²) in [5.41, 5.74) is 8.83. The lowest BCUT2D eigenvalue weighted by atomic mass is 10.2. The Morgan fingerprint density at radius 1 is 1.29 bits per heavy atom. The molecular formula is C13H13N3S. The first-order valence-corrected chi connectivity index (χ1v) is 6.43. The van der Waals surface area contributed by atoms with Crippen molar-refractivity contribution in [1.82, 2.24) is 9.97 Å². The molecule has 0 saturated carbocycles. The average molecular weight is 243 g/mol. The third-order valence-electron chi connectivity index (χ3n) is 2.75. The maximum absolute atomic E-state index is 5.62. The van der Waals surface area contributed by atoms with Crippen molar-refractivity contribution < 1.29 is 0 Å². The maximum atomic E-state index is 5.62. The molecule has 0 fully saturated rings. The number of rotatable bonds is 3. The van der Waals surface area contributed by atoms with Gasteiger partial charge in [-0.25, -0.2) is 4.98 Å². The van der Waals surface area contributed by atoms with E-state index in [9.17, 15) is 0 Å². The molecule has 2 heterocycles. The summed E-state index contributed by atoms with van der Waals surface area (Å²) in [6.07, 6.45) is 0.865. The van der Waals surface area contributed by atoms with Gasteiger partial charge in [0.05, 0.1) is 11.0 Å². The Morgan fingerprint density at radius 2 is 2.24 bits per heavy atom. The lowest BCUT2D eigenvalue weighted by Gasteiger charge is -1.94. The van der Waals surface area contributed by atoms with Gasteiger partial charge in [-0.15, -0.1) is 11.3 Å². The molecule has 0 amide bonds. The minimum Gasteiger partial charge on any atom is -0.342 e. The molecule has 0 unspecified atom stereocenters. The average Bonchev–Trinajstić information content (AvgIpc) is 2.96. The Bertz CT molecular complexity index is 625. The lowest BCUT2D eigenvalue weighted by molar-refractivity contribution is 1.06. The number of nitrogens with one attached hydrogen (secondary N) is 1. The highest BCUT2D eigenvalue weighted by molar-refractivity contribution is 7.09. The highest BCUT2D eigenvalue weighted by Crippen LogP contribution is 2.17. The fourth-order valence-electron chi connectivity index (χ4n) is 1.90. The fraction of sp³-hybridized carbons (Fsp3) is 0.154. The highest BCUT2D eigenvalue weighted by Gasteiger charge is 2.04. The molecule has 0 atom stereocenters. The SMILES string of the molecule is NCc1ccc2nc(Cc3cccs3)[nH]c2c1. The van der Waals surface area contributed by atoms with Crippen molar-refractivity contribution in [2.75, 3.05) is 0 Å². The Hall–Kier alpha value is -1.65. The first-order chi connectivity index (χ1) is 8.35. The first kappa shape index (κ1) is 10.5. The Morgan fingerprint density at radius 3 is 3.00 bits per heavy atom. The number of H-pyrrole nitrogens is 1. The summed E-state index contributed by atoms with van der Waals surface area (Å²) >= 11 is 1.76. The zero-order valence-electron chi connectivity index (χ0n) is 9.31. The second-order valence-corrected chi connectivity index (χ2v) is 5.03. The topological polar surface area (TPSA) is 54.7 Å². The summed E-state index contributed by atoms with van der Waals surface area (Å²) in [7, 11) is 0. The van der Waals surface area contributed by atoms with Gasteiger partial charge >= 0.3 is 0 Å². The van der Waals surface area contributed by atoms with E-state index in [1.807, 2.05) is 12.1 Å². The molecule has 4 heteroatoms. The van der Waals surface area contributed by atoms with Crippen molar-refractivity contribution in [3.8, 4) is 0 Å². The Kier molecular flexibility index (Phi) is 2.66. The summed E-state index contributed by atoms with van der Waals surface area (Å²) in [6.45, 7) is 0.565. The van der Waals surface area contributed by atoms with Crippen molar-refractivity contribution >= 4 is 22.4 Å². The third-order valence-corrected chi connectivity index (χ3v) is 3.63. The minimum absolute atomic E-state index is 0.565. The number of aromatic nitrogens is 2. The lowest BCUT2D eigenvalue weighted by Crippen LogP contribution is -1.95. The molecule has 2 aromatic heterocycles. The predicted molar refractivity (Wildman–Crippen MR) is 71.1 cm³/mol. The smallest absolute Gasteiger partial charge is 0.112 e. The number of benzene rings is 1. The van der Waals surface area contributed by atoms with E-state index < -0.39 is 0 Å². The van der Waals surface area contributed by atoms with Crippen LogP contribution in [0.15, 0.2) is 35.7 Å². The van der Waals surface area contributed by atoms with Crippen LogP contribution in [0.2, 0.25) is 0 Å². The molecule has 0 aliphatic rings. The summed E-state index contributed by atoms with van der Waals surface area (Å²) in [5.74, 6) is 1.01. The molecule has 0 spiro atoms. The maximum Gasteiger partial charge on any atom is 0.112 e. The fourth-order valence-corrected chi connectivity index (χ4v) is 2.61. The number of nitrogens with two attached hydrogens (primary N) is 1. The van der Waals surface area contributed by atoms with Crippen molar-refractivity contribution in [1.29, 1.82) is 0 Å². The molecule has 17 heavy (non-hydrogen) atoms. The normalized spacial score (nSPS) is 11.1. The number of hydrogen-bond donors (Lipinski definition) is 2. The van der Waals surface area contributed by atoms with Gasteiger partial charge in [-0.2, -0.15) is 0 Å². The van der Waals surface area contributed by atoms with Gasteiger partial charge in [0.25, 0.3) is 0 Å². The summed E-state index contributed by atoms with van der Waals surface area (Å²) in [4.78, 5) is 9.24. The minimum atomic E-state index is 0.565. The van der Waals surface area contributed by atoms with Crippen LogP contribution in [0.3, 0.4) is 0 Å². The van der Waals surface area contributed by atoms with Gasteiger partial charge in [0.1, 0.15) is 5.82 Å². The predicted octanol–water partition coefficient (Wildman–Crippen LogP) is 2.67. The van der Waals surface area contributed by atoms with Crippen LogP contribution < -0.4 is 5.73 Å². The number of hydrogen-bond acceptors (Lipinski definition) is 3. The van der Waals surface area contributed by atoms with Crippen LogP contribution in [0.4, 0.5) is 0 Å². The molecule has 3 N–H and O–H groups in total. The second-order valence-electron chi connectivity index (χ2n) is 4.00. The van der Waals surface area contributed by atoms with Gasteiger partial charge in [0.2, 0.25) is 0 Å². The van der Waals surface area contributed by atoms with Gasteiger partial charge in [0.15, 0.2) is 0 Å². The van der Waals surface area contributed by atoms with Gasteiger partial charge in [-0.3, -0.25) is 0 Å². The van der Waals surface area contributed by atoms with Crippen LogP contribution in [-0.2, 0) is 13.0 Å². The number of nitrogens with zero attached hydrogens (tertiary/aromatic N) is 1.